The lowest BCUT2D eigenvalue weighted by Crippen LogP contribution is -2.62. The van der Waals surface area contributed by atoms with Crippen molar-refractivity contribution in [3.63, 3.8) is 0 Å². The van der Waals surface area contributed by atoms with Gasteiger partial charge in [0.2, 0.25) is 5.60 Å². The Morgan fingerprint density at radius 3 is 2.06 bits per heavy atom. The number of aliphatic hydroxyl groups is 1. The molecule has 0 aliphatic carbocycles. The van der Waals surface area contributed by atoms with Crippen LogP contribution in [0, 0.1) is 17.5 Å². The number of halogens is 7. The fraction of sp³-hybridized carbons (Fsp3) is 0.348. The van der Waals surface area contributed by atoms with E-state index in [2.05, 4.69) is 5.48 Å². The van der Waals surface area contributed by atoms with Gasteiger partial charge in [0.05, 0.1) is 18.8 Å². The van der Waals surface area contributed by atoms with Crippen LogP contribution in [-0.4, -0.2) is 40.8 Å². The summed E-state index contributed by atoms with van der Waals surface area (Å²) in [5, 5.41) is 9.77. The van der Waals surface area contributed by atoms with Crippen molar-refractivity contribution in [3.05, 3.63) is 76.6 Å². The van der Waals surface area contributed by atoms with E-state index in [1.165, 1.54) is 38.1 Å². The summed E-state index contributed by atoms with van der Waals surface area (Å²) in [6.45, 7) is 1.95. The lowest BCUT2D eigenvalue weighted by molar-refractivity contribution is -0.269. The molecule has 0 saturated carbocycles. The molecule has 0 aromatic heterocycles. The van der Waals surface area contributed by atoms with E-state index in [0.29, 0.717) is 6.08 Å². The first-order valence-electron chi connectivity index (χ1n) is 10.3. The van der Waals surface area contributed by atoms with Gasteiger partial charge in [0.25, 0.3) is 5.91 Å². The summed E-state index contributed by atoms with van der Waals surface area (Å²) >= 11 is 0. The molecule has 1 fully saturated rings. The maximum absolute atomic E-state index is 15.2. The molecule has 1 amide bonds. The van der Waals surface area contributed by atoms with Crippen LogP contribution in [0.15, 0.2) is 42.5 Å². The van der Waals surface area contributed by atoms with Gasteiger partial charge in [-0.2, -0.15) is 13.2 Å². The number of hydroxylamine groups is 1. The van der Waals surface area contributed by atoms with Crippen molar-refractivity contribution >= 4 is 11.6 Å². The van der Waals surface area contributed by atoms with Crippen molar-refractivity contribution in [2.45, 2.75) is 36.9 Å². The summed E-state index contributed by atoms with van der Waals surface area (Å²) in [6, 6.07) is 5.62. The highest BCUT2D eigenvalue weighted by Crippen LogP contribution is 2.48. The Kier molecular flexibility index (Phi) is 5.68. The molecule has 2 aromatic carbocycles. The third kappa shape index (κ3) is 4.14. The molecule has 1 atom stereocenters. The average Bonchev–Trinajstić information content (AvgIpc) is 3.21. The maximum Gasteiger partial charge on any atom is 0.428 e. The number of hydrogen-bond acceptors (Lipinski definition) is 4. The van der Waals surface area contributed by atoms with Crippen molar-refractivity contribution in [1.29, 1.82) is 0 Å². The average molecular weight is 504 g/mol. The zero-order chi connectivity index (χ0) is 26.0. The Morgan fingerprint density at radius 1 is 1.03 bits per heavy atom. The number of alkyl halides is 4. The molecule has 2 heterocycles. The van der Waals surface area contributed by atoms with Crippen LogP contribution >= 0.6 is 0 Å². The van der Waals surface area contributed by atoms with Gasteiger partial charge in [0.15, 0.2) is 23.1 Å². The summed E-state index contributed by atoms with van der Waals surface area (Å²) in [6.07, 6.45) is -4.64. The van der Waals surface area contributed by atoms with Gasteiger partial charge in [-0.3, -0.25) is 15.1 Å². The summed E-state index contributed by atoms with van der Waals surface area (Å²) < 4.78 is 97.7. The highest BCUT2D eigenvalue weighted by atomic mass is 19.4. The fourth-order valence-corrected chi connectivity index (χ4v) is 3.98. The maximum atomic E-state index is 15.2. The molecule has 2 N–H and O–H groups in total. The monoisotopic (exact) mass is 504 g/mol. The SMILES string of the molecule is CC(C)(O)C(=O)N1CC(F)(c2ccc(C3=CC(c4cc(F)c(F)c(F)c4)(C(F)(F)F)ON3)cc2)C1. The molecule has 1 unspecified atom stereocenters. The first-order chi connectivity index (χ1) is 16.1. The number of likely N-dealkylation sites (tertiary alicyclic amines) is 1. The number of hydrogen-bond donors (Lipinski definition) is 2. The van der Waals surface area contributed by atoms with E-state index >= 15 is 4.39 Å². The zero-order valence-electron chi connectivity index (χ0n) is 18.3. The number of rotatable bonds is 4. The molecule has 5 nitrogen and oxygen atoms in total. The van der Waals surface area contributed by atoms with Crippen LogP contribution in [0.1, 0.15) is 30.5 Å². The highest BCUT2D eigenvalue weighted by molar-refractivity contribution is 5.85. The molecule has 0 radical (unpaired) electrons. The lowest BCUT2D eigenvalue weighted by Gasteiger charge is -2.46. The second-order valence-corrected chi connectivity index (χ2v) is 9.01. The normalized spacial score (nSPS) is 21.9. The predicted molar refractivity (Wildman–Crippen MR) is 108 cm³/mol. The molecule has 0 bridgehead atoms. The first kappa shape index (κ1) is 25.0. The smallest absolute Gasteiger partial charge is 0.381 e. The minimum atomic E-state index is -5.19. The fourth-order valence-electron chi connectivity index (χ4n) is 3.98. The highest BCUT2D eigenvalue weighted by Gasteiger charge is 2.60. The van der Waals surface area contributed by atoms with Crippen LogP contribution < -0.4 is 5.48 Å². The van der Waals surface area contributed by atoms with Gasteiger partial charge in [-0.25, -0.2) is 17.6 Å². The second-order valence-electron chi connectivity index (χ2n) is 9.01. The number of carbonyl (C=O) groups is 1. The van der Waals surface area contributed by atoms with Crippen LogP contribution in [0.3, 0.4) is 0 Å². The lowest BCUT2D eigenvalue weighted by atomic mass is 9.86. The van der Waals surface area contributed by atoms with Crippen molar-refractivity contribution in [3.8, 4) is 0 Å². The van der Waals surface area contributed by atoms with Gasteiger partial charge >= 0.3 is 6.18 Å². The van der Waals surface area contributed by atoms with Gasteiger partial charge in [-0.1, -0.05) is 24.3 Å². The second kappa shape index (κ2) is 7.95. The van der Waals surface area contributed by atoms with E-state index < -0.39 is 52.0 Å². The van der Waals surface area contributed by atoms with E-state index in [-0.39, 0.29) is 42.0 Å². The van der Waals surface area contributed by atoms with Gasteiger partial charge in [0.1, 0.15) is 5.60 Å². The molecule has 1 saturated heterocycles. The summed E-state index contributed by atoms with van der Waals surface area (Å²) in [5.74, 6) is -6.19. The van der Waals surface area contributed by atoms with Gasteiger partial charge in [-0.15, -0.1) is 0 Å². The molecule has 4 rings (SSSR count). The van der Waals surface area contributed by atoms with Crippen LogP contribution in [0.2, 0.25) is 0 Å². The zero-order valence-corrected chi connectivity index (χ0v) is 18.3. The van der Waals surface area contributed by atoms with Crippen LogP contribution in [0.5, 0.6) is 0 Å². The number of carbonyl (C=O) groups excluding carboxylic acids is 1. The third-order valence-corrected chi connectivity index (χ3v) is 5.91. The summed E-state index contributed by atoms with van der Waals surface area (Å²) in [7, 11) is 0. The summed E-state index contributed by atoms with van der Waals surface area (Å²) in [5.41, 5.74) is -5.76. The van der Waals surface area contributed by atoms with Crippen molar-refractivity contribution in [2.75, 3.05) is 13.1 Å². The van der Waals surface area contributed by atoms with Crippen molar-refractivity contribution < 1.29 is 45.5 Å². The van der Waals surface area contributed by atoms with Crippen molar-refractivity contribution in [2.24, 2.45) is 0 Å². The quantitative estimate of drug-likeness (QED) is 0.484. The summed E-state index contributed by atoms with van der Waals surface area (Å²) in [4.78, 5) is 17.9. The standard InChI is InChI=1S/C23H19F7N2O3/c1-20(2,34)19(33)32-10-21(27,11-32)13-5-3-12(4-6-13)17-9-22(35-31-17,23(28,29)30)14-7-15(24)18(26)16(25)8-14/h3-9,31,34H,10-11H2,1-2H3. The molecule has 0 spiro atoms. The Balaban J connectivity index is 1.61. The minimum Gasteiger partial charge on any atom is -0.381 e. The van der Waals surface area contributed by atoms with E-state index in [4.69, 9.17) is 4.84 Å². The molecule has 188 valence electrons. The topological polar surface area (TPSA) is 61.8 Å². The largest absolute Gasteiger partial charge is 0.428 e. The molecule has 35 heavy (non-hydrogen) atoms. The van der Waals surface area contributed by atoms with E-state index in [1.54, 1.807) is 0 Å². The Morgan fingerprint density at radius 2 is 1.57 bits per heavy atom. The number of benzene rings is 2. The van der Waals surface area contributed by atoms with Crippen LogP contribution in [0.4, 0.5) is 30.7 Å². The van der Waals surface area contributed by atoms with E-state index in [9.17, 15) is 36.2 Å². The molecule has 12 heteroatoms. The van der Waals surface area contributed by atoms with E-state index in [0.717, 1.165) is 4.90 Å². The Labute approximate surface area is 194 Å². The molecule has 2 aliphatic rings. The first-order valence-corrected chi connectivity index (χ1v) is 10.3. The van der Waals surface area contributed by atoms with Crippen LogP contribution in [-0.2, 0) is 20.9 Å². The van der Waals surface area contributed by atoms with Crippen LogP contribution in [0.25, 0.3) is 5.70 Å². The molecular weight excluding hydrogens is 485 g/mol. The number of amides is 1. The van der Waals surface area contributed by atoms with Gasteiger partial charge < -0.3 is 10.0 Å². The third-order valence-electron chi connectivity index (χ3n) is 5.91. The molecular formula is C23H19F7N2O3. The predicted octanol–water partition coefficient (Wildman–Crippen LogP) is 4.22. The Hall–Kier alpha value is -3.12. The molecule has 2 aliphatic heterocycles. The van der Waals surface area contributed by atoms with Crippen molar-refractivity contribution in [1.82, 2.24) is 10.4 Å². The number of nitrogens with zero attached hydrogens (tertiary/aromatic N) is 1. The molecule has 2 aromatic rings. The Bertz CT molecular complexity index is 1180. The minimum absolute atomic E-state index is 0.135. The van der Waals surface area contributed by atoms with Gasteiger partial charge in [-0.05, 0) is 43.2 Å². The number of nitrogens with one attached hydrogen (secondary N) is 1. The van der Waals surface area contributed by atoms with E-state index in [1.807, 2.05) is 0 Å². The van der Waals surface area contributed by atoms with Gasteiger partial charge in [0, 0.05) is 5.56 Å².